The molecule has 0 aromatic rings. The number of carbonyl (C=O) groups excluding carboxylic acids is 1. The summed E-state index contributed by atoms with van der Waals surface area (Å²) in [6.45, 7) is 5.41. The van der Waals surface area contributed by atoms with E-state index in [0.717, 1.165) is 38.9 Å². The van der Waals surface area contributed by atoms with E-state index in [2.05, 4.69) is 16.7 Å². The summed E-state index contributed by atoms with van der Waals surface area (Å²) in [4.78, 5) is 16.2. The Labute approximate surface area is 109 Å². The maximum atomic E-state index is 12.4. The lowest BCUT2D eigenvalue weighted by Gasteiger charge is -2.39. The van der Waals surface area contributed by atoms with Crippen LogP contribution in [0.15, 0.2) is 0 Å². The Morgan fingerprint density at radius 2 is 2.00 bits per heavy atom. The minimum atomic E-state index is -1.18. The predicted molar refractivity (Wildman–Crippen MR) is 69.9 cm³/mol. The lowest BCUT2D eigenvalue weighted by molar-refractivity contribution is -0.155. The van der Waals surface area contributed by atoms with Crippen LogP contribution in [0.1, 0.15) is 32.6 Å². The summed E-state index contributed by atoms with van der Waals surface area (Å²) in [6, 6.07) is 0. The van der Waals surface area contributed by atoms with Crippen LogP contribution in [0.3, 0.4) is 0 Å². The van der Waals surface area contributed by atoms with Crippen molar-refractivity contribution in [2.24, 2.45) is 0 Å². The third-order valence-electron chi connectivity index (χ3n) is 3.82. The molecule has 0 saturated carbocycles. The molecule has 18 heavy (non-hydrogen) atoms. The quantitative estimate of drug-likeness (QED) is 0.724. The molecule has 2 heterocycles. The molecule has 1 N–H and O–H groups in total. The largest absolute Gasteiger partial charge is 0.379 e. The van der Waals surface area contributed by atoms with Crippen molar-refractivity contribution >= 4 is 5.91 Å². The second-order valence-corrected chi connectivity index (χ2v) is 5.27. The van der Waals surface area contributed by atoms with E-state index >= 15 is 0 Å². The maximum Gasteiger partial charge on any atom is 0.255 e. The number of aliphatic hydroxyl groups is 1. The molecule has 4 nitrogen and oxygen atoms in total. The van der Waals surface area contributed by atoms with Gasteiger partial charge in [-0.15, -0.1) is 5.92 Å². The highest BCUT2D eigenvalue weighted by Gasteiger charge is 2.42. The Balaban J connectivity index is 1.99. The van der Waals surface area contributed by atoms with Crippen LogP contribution in [0.25, 0.3) is 0 Å². The highest BCUT2D eigenvalue weighted by atomic mass is 16.3. The molecule has 2 saturated heterocycles. The van der Waals surface area contributed by atoms with Gasteiger partial charge in [-0.05, 0) is 39.2 Å². The number of likely N-dealkylation sites (tertiary alicyclic amines) is 2. The first-order valence-corrected chi connectivity index (χ1v) is 6.79. The van der Waals surface area contributed by atoms with Crippen LogP contribution in [0, 0.1) is 11.8 Å². The van der Waals surface area contributed by atoms with Crippen LogP contribution in [0.5, 0.6) is 0 Å². The molecule has 2 aliphatic heterocycles. The van der Waals surface area contributed by atoms with Crippen molar-refractivity contribution in [1.29, 1.82) is 0 Å². The second-order valence-electron chi connectivity index (χ2n) is 5.27. The van der Waals surface area contributed by atoms with Gasteiger partial charge in [0.05, 0.1) is 6.54 Å². The number of amides is 1. The average Bonchev–Trinajstić information content (AvgIpc) is 2.89. The SMILES string of the molecule is CC#CCN1CCCC(O)(C(=O)N2CCCC2)C1. The number of rotatable bonds is 2. The second kappa shape index (κ2) is 5.73. The molecular weight excluding hydrogens is 228 g/mol. The van der Waals surface area contributed by atoms with Gasteiger partial charge in [-0.2, -0.15) is 0 Å². The van der Waals surface area contributed by atoms with Gasteiger partial charge in [-0.3, -0.25) is 9.69 Å². The lowest BCUT2D eigenvalue weighted by Crippen LogP contribution is -2.57. The van der Waals surface area contributed by atoms with E-state index in [1.165, 1.54) is 0 Å². The average molecular weight is 250 g/mol. The molecule has 2 fully saturated rings. The fourth-order valence-corrected chi connectivity index (χ4v) is 2.84. The molecule has 2 aliphatic rings. The van der Waals surface area contributed by atoms with Crippen molar-refractivity contribution in [2.45, 2.75) is 38.2 Å². The van der Waals surface area contributed by atoms with E-state index in [-0.39, 0.29) is 5.91 Å². The third kappa shape index (κ3) is 2.85. The van der Waals surface area contributed by atoms with Gasteiger partial charge in [0.2, 0.25) is 0 Å². The molecule has 1 atom stereocenters. The van der Waals surface area contributed by atoms with Crippen LogP contribution in [-0.4, -0.2) is 59.1 Å². The van der Waals surface area contributed by atoms with Crippen LogP contribution < -0.4 is 0 Å². The smallest absolute Gasteiger partial charge is 0.255 e. The zero-order valence-corrected chi connectivity index (χ0v) is 11.1. The van der Waals surface area contributed by atoms with Gasteiger partial charge < -0.3 is 10.0 Å². The van der Waals surface area contributed by atoms with E-state index in [4.69, 9.17) is 0 Å². The third-order valence-corrected chi connectivity index (χ3v) is 3.82. The molecule has 1 unspecified atom stereocenters. The number of hydrogen-bond donors (Lipinski definition) is 1. The molecule has 0 aliphatic carbocycles. The molecule has 0 aromatic heterocycles. The molecule has 0 bridgehead atoms. The zero-order chi connectivity index (χ0) is 13.0. The Hall–Kier alpha value is -1.05. The standard InChI is InChI=1S/C14H22N2O2/c1-2-3-8-15-9-6-7-14(18,12-15)13(17)16-10-4-5-11-16/h18H,4-12H2,1H3. The Kier molecular flexibility index (Phi) is 4.26. The number of β-amino-alcohol motifs (C(OH)–C–C–N with tert-alkyl or cyclic N) is 1. The summed E-state index contributed by atoms with van der Waals surface area (Å²) >= 11 is 0. The van der Waals surface area contributed by atoms with Gasteiger partial charge in [0.1, 0.15) is 0 Å². The monoisotopic (exact) mass is 250 g/mol. The van der Waals surface area contributed by atoms with Gasteiger partial charge in [-0.25, -0.2) is 0 Å². The normalized spacial score (nSPS) is 28.9. The van der Waals surface area contributed by atoms with Crippen LogP contribution >= 0.6 is 0 Å². The van der Waals surface area contributed by atoms with E-state index in [1.807, 2.05) is 11.8 Å². The molecule has 2 rings (SSSR count). The topological polar surface area (TPSA) is 43.8 Å². The van der Waals surface area contributed by atoms with Crippen LogP contribution in [0.4, 0.5) is 0 Å². The molecule has 0 aromatic carbocycles. The molecule has 4 heteroatoms. The molecular formula is C14H22N2O2. The van der Waals surface area contributed by atoms with Crippen LogP contribution in [0.2, 0.25) is 0 Å². The van der Waals surface area contributed by atoms with Crippen molar-refractivity contribution < 1.29 is 9.90 Å². The van der Waals surface area contributed by atoms with Crippen molar-refractivity contribution in [1.82, 2.24) is 9.80 Å². The molecule has 0 radical (unpaired) electrons. The molecule has 1 amide bonds. The van der Waals surface area contributed by atoms with Crippen molar-refractivity contribution in [3.05, 3.63) is 0 Å². The number of nitrogens with zero attached hydrogens (tertiary/aromatic N) is 2. The van der Waals surface area contributed by atoms with E-state index in [0.29, 0.717) is 19.5 Å². The Morgan fingerprint density at radius 3 is 2.67 bits per heavy atom. The Bertz CT molecular complexity index is 366. The summed E-state index contributed by atoms with van der Waals surface area (Å²) in [7, 11) is 0. The van der Waals surface area contributed by atoms with Crippen molar-refractivity contribution in [3.63, 3.8) is 0 Å². The summed E-state index contributed by atoms with van der Waals surface area (Å²) < 4.78 is 0. The van der Waals surface area contributed by atoms with Gasteiger partial charge in [-0.1, -0.05) is 5.92 Å². The minimum absolute atomic E-state index is 0.0749. The first kappa shape index (κ1) is 13.4. The highest BCUT2D eigenvalue weighted by Crippen LogP contribution is 2.25. The van der Waals surface area contributed by atoms with E-state index in [1.54, 1.807) is 0 Å². The first-order valence-electron chi connectivity index (χ1n) is 6.79. The molecule has 0 spiro atoms. The van der Waals surface area contributed by atoms with Crippen molar-refractivity contribution in [3.8, 4) is 11.8 Å². The minimum Gasteiger partial charge on any atom is -0.379 e. The predicted octanol–water partition coefficient (Wildman–Crippen LogP) is 0.459. The van der Waals surface area contributed by atoms with Crippen molar-refractivity contribution in [2.75, 3.05) is 32.7 Å². The fraction of sp³-hybridized carbons (Fsp3) is 0.786. The van der Waals surface area contributed by atoms with Gasteiger partial charge in [0.25, 0.3) is 5.91 Å². The van der Waals surface area contributed by atoms with Crippen LogP contribution in [-0.2, 0) is 4.79 Å². The highest BCUT2D eigenvalue weighted by molar-refractivity contribution is 5.85. The van der Waals surface area contributed by atoms with Gasteiger partial charge in [0.15, 0.2) is 5.60 Å². The van der Waals surface area contributed by atoms with E-state index in [9.17, 15) is 9.90 Å². The fourth-order valence-electron chi connectivity index (χ4n) is 2.84. The summed E-state index contributed by atoms with van der Waals surface area (Å²) in [5.74, 6) is 5.79. The summed E-state index contributed by atoms with van der Waals surface area (Å²) in [6.07, 6.45) is 3.57. The Morgan fingerprint density at radius 1 is 1.28 bits per heavy atom. The van der Waals surface area contributed by atoms with Gasteiger partial charge >= 0.3 is 0 Å². The zero-order valence-electron chi connectivity index (χ0n) is 11.1. The number of carbonyl (C=O) groups is 1. The number of piperidine rings is 1. The number of hydrogen-bond acceptors (Lipinski definition) is 3. The van der Waals surface area contributed by atoms with Gasteiger partial charge in [0, 0.05) is 19.6 Å². The van der Waals surface area contributed by atoms with E-state index < -0.39 is 5.60 Å². The first-order chi connectivity index (χ1) is 8.65. The maximum absolute atomic E-state index is 12.4. The molecule has 100 valence electrons. The summed E-state index contributed by atoms with van der Waals surface area (Å²) in [5.41, 5.74) is -1.18. The lowest BCUT2D eigenvalue weighted by atomic mass is 9.91. The summed E-state index contributed by atoms with van der Waals surface area (Å²) in [5, 5.41) is 10.6.